The highest BCUT2D eigenvalue weighted by Crippen LogP contribution is 2.17. The summed E-state index contributed by atoms with van der Waals surface area (Å²) in [7, 11) is 2.10. The quantitative estimate of drug-likeness (QED) is 0.598. The van der Waals surface area contributed by atoms with E-state index in [1.54, 1.807) is 6.21 Å². The lowest BCUT2D eigenvalue weighted by Gasteiger charge is -2.22. The van der Waals surface area contributed by atoms with Crippen molar-refractivity contribution in [3.63, 3.8) is 0 Å². The van der Waals surface area contributed by atoms with Gasteiger partial charge in [0.25, 0.3) is 0 Å². The molecule has 6 heteroatoms. The van der Waals surface area contributed by atoms with Crippen LogP contribution in [0.2, 0.25) is 0 Å². The number of rotatable bonds is 2. The number of hydrogen-bond donors (Lipinski definition) is 0. The fourth-order valence-corrected chi connectivity index (χ4v) is 2.26. The van der Waals surface area contributed by atoms with Crippen LogP contribution in [0.1, 0.15) is 32.2 Å². The number of fused-ring (bicyclic) bond motifs is 1. The normalized spacial score (nSPS) is 19.2. The first-order chi connectivity index (χ1) is 8.36. The predicted octanol–water partition coefficient (Wildman–Crippen LogP) is 1.21. The molecule has 1 aromatic heterocycles. The van der Waals surface area contributed by atoms with Crippen molar-refractivity contribution in [2.45, 2.75) is 38.6 Å². The van der Waals surface area contributed by atoms with E-state index < -0.39 is 11.4 Å². The van der Waals surface area contributed by atoms with Gasteiger partial charge in [0.05, 0.1) is 12.2 Å². The lowest BCUT2D eigenvalue weighted by atomic mass is 10.3. The first-order valence-corrected chi connectivity index (χ1v) is 7.18. The van der Waals surface area contributed by atoms with Crippen molar-refractivity contribution in [1.29, 1.82) is 0 Å². The minimum absolute atomic E-state index is 0.323. The van der Waals surface area contributed by atoms with Crippen molar-refractivity contribution >= 4 is 17.6 Å². The van der Waals surface area contributed by atoms with Crippen LogP contribution in [0.3, 0.4) is 0 Å². The van der Waals surface area contributed by atoms with Gasteiger partial charge in [-0.1, -0.05) is 4.40 Å². The summed E-state index contributed by atoms with van der Waals surface area (Å²) < 4.78 is 17.6. The van der Waals surface area contributed by atoms with Gasteiger partial charge >= 0.3 is 0 Å². The Bertz CT molecular complexity index is 449. The Hall–Kier alpha value is -0.850. The van der Waals surface area contributed by atoms with Crippen LogP contribution in [0.5, 0.6) is 0 Å². The Labute approximate surface area is 111 Å². The lowest BCUT2D eigenvalue weighted by molar-refractivity contribution is 0.259. The molecule has 0 saturated heterocycles. The van der Waals surface area contributed by atoms with Crippen molar-refractivity contribution in [3.8, 4) is 0 Å². The second-order valence-corrected chi connectivity index (χ2v) is 7.55. The predicted molar refractivity (Wildman–Crippen MR) is 74.1 cm³/mol. The summed E-state index contributed by atoms with van der Waals surface area (Å²) in [5, 5.41) is 4.45. The summed E-state index contributed by atoms with van der Waals surface area (Å²) in [5.74, 6) is 0. The van der Waals surface area contributed by atoms with E-state index in [1.165, 1.54) is 5.69 Å². The molecule has 1 atom stereocenters. The highest BCUT2D eigenvalue weighted by molar-refractivity contribution is 7.91. The molecule has 1 aliphatic heterocycles. The number of aromatic nitrogens is 2. The van der Waals surface area contributed by atoms with Crippen LogP contribution < -0.4 is 0 Å². The monoisotopic (exact) mass is 268 g/mol. The van der Waals surface area contributed by atoms with E-state index in [9.17, 15) is 4.55 Å². The van der Waals surface area contributed by atoms with Gasteiger partial charge in [0.1, 0.15) is 28.0 Å². The van der Waals surface area contributed by atoms with E-state index in [0.717, 1.165) is 25.3 Å². The van der Waals surface area contributed by atoms with Crippen molar-refractivity contribution in [1.82, 2.24) is 14.7 Å². The molecule has 0 aromatic carbocycles. The highest BCUT2D eigenvalue weighted by atomic mass is 32.2. The van der Waals surface area contributed by atoms with Crippen molar-refractivity contribution in [2.75, 3.05) is 13.6 Å². The third-order valence-electron chi connectivity index (χ3n) is 2.81. The van der Waals surface area contributed by atoms with Gasteiger partial charge in [0.15, 0.2) is 0 Å². The minimum Gasteiger partial charge on any atom is -0.591 e. The summed E-state index contributed by atoms with van der Waals surface area (Å²) in [6.07, 6.45) is 1.62. The molecule has 0 radical (unpaired) electrons. The Morgan fingerprint density at radius 3 is 2.83 bits per heavy atom. The molecule has 1 aromatic rings. The van der Waals surface area contributed by atoms with Gasteiger partial charge in [-0.25, -0.2) is 0 Å². The first kappa shape index (κ1) is 13.6. The van der Waals surface area contributed by atoms with Crippen LogP contribution in [0.15, 0.2) is 10.5 Å². The van der Waals surface area contributed by atoms with Gasteiger partial charge in [-0.05, 0) is 33.9 Å². The zero-order valence-corrected chi connectivity index (χ0v) is 12.2. The summed E-state index contributed by atoms with van der Waals surface area (Å²) in [4.78, 5) is 2.26. The largest absolute Gasteiger partial charge is 0.591 e. The molecule has 1 unspecified atom stereocenters. The molecule has 0 aliphatic carbocycles. The SMILES string of the molecule is CN1CCn2nc(C=N[S+]([O-])C(C)(C)C)cc2C1. The summed E-state index contributed by atoms with van der Waals surface area (Å²) in [6, 6.07) is 2.01. The van der Waals surface area contributed by atoms with Gasteiger partial charge in [-0.3, -0.25) is 9.58 Å². The summed E-state index contributed by atoms with van der Waals surface area (Å²) >= 11 is -1.22. The lowest BCUT2D eigenvalue weighted by Crippen LogP contribution is -2.30. The second-order valence-electron chi connectivity index (χ2n) is 5.62. The maximum Gasteiger partial charge on any atom is 0.144 e. The molecule has 5 nitrogen and oxygen atoms in total. The van der Waals surface area contributed by atoms with Crippen LogP contribution >= 0.6 is 0 Å². The number of nitrogens with zero attached hydrogens (tertiary/aromatic N) is 4. The van der Waals surface area contributed by atoms with Crippen LogP contribution in [-0.4, -0.2) is 43.8 Å². The van der Waals surface area contributed by atoms with E-state index in [1.807, 2.05) is 31.5 Å². The molecule has 0 fully saturated rings. The molecule has 2 heterocycles. The molecular formula is C12H20N4OS. The Kier molecular flexibility index (Phi) is 3.79. The summed E-state index contributed by atoms with van der Waals surface area (Å²) in [5.41, 5.74) is 1.98. The van der Waals surface area contributed by atoms with Gasteiger partial charge in [0.2, 0.25) is 0 Å². The van der Waals surface area contributed by atoms with E-state index in [-0.39, 0.29) is 4.75 Å². The molecule has 0 amide bonds. The summed E-state index contributed by atoms with van der Waals surface area (Å²) in [6.45, 7) is 8.55. The first-order valence-electron chi connectivity index (χ1n) is 6.07. The van der Waals surface area contributed by atoms with E-state index in [0.29, 0.717) is 0 Å². The minimum atomic E-state index is -1.22. The topological polar surface area (TPSA) is 56.5 Å². The van der Waals surface area contributed by atoms with Crippen LogP contribution in [0.4, 0.5) is 0 Å². The molecule has 18 heavy (non-hydrogen) atoms. The molecule has 0 N–H and O–H groups in total. The van der Waals surface area contributed by atoms with E-state index in [2.05, 4.69) is 21.4 Å². The third kappa shape index (κ3) is 3.13. The average molecular weight is 268 g/mol. The van der Waals surface area contributed by atoms with E-state index in [4.69, 9.17) is 0 Å². The fraction of sp³-hybridized carbons (Fsp3) is 0.667. The van der Waals surface area contributed by atoms with Gasteiger partial charge < -0.3 is 4.55 Å². The van der Waals surface area contributed by atoms with Crippen LogP contribution in [0.25, 0.3) is 0 Å². The smallest absolute Gasteiger partial charge is 0.144 e. The zero-order valence-electron chi connectivity index (χ0n) is 11.4. The maximum absolute atomic E-state index is 11.8. The van der Waals surface area contributed by atoms with Crippen LogP contribution in [0, 0.1) is 0 Å². The average Bonchev–Trinajstić information content (AvgIpc) is 2.66. The van der Waals surface area contributed by atoms with Gasteiger partial charge in [-0.2, -0.15) is 5.10 Å². The van der Waals surface area contributed by atoms with E-state index >= 15 is 0 Å². The van der Waals surface area contributed by atoms with Crippen molar-refractivity contribution in [3.05, 3.63) is 17.5 Å². The Morgan fingerprint density at radius 1 is 1.44 bits per heavy atom. The molecule has 0 spiro atoms. The van der Waals surface area contributed by atoms with Gasteiger partial charge in [-0.15, -0.1) is 0 Å². The maximum atomic E-state index is 11.8. The molecule has 2 rings (SSSR count). The zero-order chi connectivity index (χ0) is 13.3. The Balaban J connectivity index is 2.09. The number of hydrogen-bond acceptors (Lipinski definition) is 4. The fourth-order valence-electron chi connectivity index (χ4n) is 1.74. The molecule has 1 aliphatic rings. The van der Waals surface area contributed by atoms with Crippen molar-refractivity contribution < 1.29 is 4.55 Å². The molecule has 100 valence electrons. The highest BCUT2D eigenvalue weighted by Gasteiger charge is 2.26. The standard InChI is InChI=1S/C12H20N4OS/c1-12(2,3)18(17)13-8-10-7-11-9-15(4)5-6-16(11)14-10/h7-8H,5-6,9H2,1-4H3. The Morgan fingerprint density at radius 2 is 2.17 bits per heavy atom. The number of likely N-dealkylation sites (N-methyl/N-ethyl adjacent to an activating group) is 1. The van der Waals surface area contributed by atoms with Crippen LogP contribution in [-0.2, 0) is 24.5 Å². The van der Waals surface area contributed by atoms with Gasteiger partial charge in [0, 0.05) is 13.1 Å². The third-order valence-corrected chi connectivity index (χ3v) is 4.16. The second kappa shape index (κ2) is 5.03. The molecule has 0 saturated carbocycles. The molecule has 0 bridgehead atoms. The molecular weight excluding hydrogens is 248 g/mol. The van der Waals surface area contributed by atoms with Crippen molar-refractivity contribution in [2.24, 2.45) is 4.40 Å².